The van der Waals surface area contributed by atoms with E-state index in [1.807, 2.05) is 4.90 Å². The Morgan fingerprint density at radius 1 is 1.43 bits per heavy atom. The Kier molecular flexibility index (Phi) is 3.81. The molecule has 3 rings (SSSR count). The number of fused-ring (bicyclic) bond motifs is 1. The predicted molar refractivity (Wildman–Crippen MR) is 83.2 cm³/mol. The summed E-state index contributed by atoms with van der Waals surface area (Å²) in [4.78, 5) is 16.1. The normalized spacial score (nSPS) is 17.7. The Morgan fingerprint density at radius 3 is 2.95 bits per heavy atom. The second-order valence-electron chi connectivity index (χ2n) is 5.44. The van der Waals surface area contributed by atoms with Gasteiger partial charge in [-0.15, -0.1) is 11.3 Å². The third-order valence-corrected chi connectivity index (χ3v) is 5.14. The highest BCUT2D eigenvalue weighted by Gasteiger charge is 2.30. The van der Waals surface area contributed by atoms with E-state index in [2.05, 4.69) is 18.4 Å². The standard InChI is InChI=1S/C17H18FNOS/c1-3-15-13-7-9-21-16(13)6-8-19(15)17(20)12-4-5-14(18)11(2)10-12/h4-5,7,9-10,15H,3,6,8H2,1-2H3. The molecule has 2 nitrogen and oxygen atoms in total. The number of hydrogen-bond acceptors (Lipinski definition) is 2. The lowest BCUT2D eigenvalue weighted by atomic mass is 9.96. The topological polar surface area (TPSA) is 20.3 Å². The van der Waals surface area contributed by atoms with Crippen molar-refractivity contribution in [2.45, 2.75) is 32.7 Å². The maximum absolute atomic E-state index is 13.4. The van der Waals surface area contributed by atoms with Crippen molar-refractivity contribution in [3.63, 3.8) is 0 Å². The van der Waals surface area contributed by atoms with Crippen molar-refractivity contribution in [3.8, 4) is 0 Å². The first kappa shape index (κ1) is 14.3. The van der Waals surface area contributed by atoms with Gasteiger partial charge in [0.1, 0.15) is 5.82 Å². The quantitative estimate of drug-likeness (QED) is 0.808. The Balaban J connectivity index is 1.92. The van der Waals surface area contributed by atoms with E-state index in [-0.39, 0.29) is 17.8 Å². The van der Waals surface area contributed by atoms with E-state index in [0.717, 1.165) is 19.4 Å². The molecule has 0 spiro atoms. The van der Waals surface area contributed by atoms with E-state index in [1.54, 1.807) is 30.4 Å². The van der Waals surface area contributed by atoms with Crippen LogP contribution in [0.15, 0.2) is 29.6 Å². The lowest BCUT2D eigenvalue weighted by Crippen LogP contribution is -2.39. The molecule has 0 bridgehead atoms. The lowest BCUT2D eigenvalue weighted by molar-refractivity contribution is 0.0657. The highest BCUT2D eigenvalue weighted by atomic mass is 32.1. The van der Waals surface area contributed by atoms with Gasteiger partial charge in [-0.05, 0) is 60.5 Å². The van der Waals surface area contributed by atoms with Gasteiger partial charge in [0.2, 0.25) is 0 Å². The molecular weight excluding hydrogens is 285 g/mol. The van der Waals surface area contributed by atoms with Crippen molar-refractivity contribution in [2.75, 3.05) is 6.54 Å². The van der Waals surface area contributed by atoms with Gasteiger partial charge in [-0.1, -0.05) is 6.92 Å². The smallest absolute Gasteiger partial charge is 0.254 e. The molecule has 1 aromatic carbocycles. The molecule has 1 aromatic heterocycles. The monoisotopic (exact) mass is 303 g/mol. The molecular formula is C17H18FNOS. The molecule has 4 heteroatoms. The highest BCUT2D eigenvalue weighted by molar-refractivity contribution is 7.10. The van der Waals surface area contributed by atoms with Gasteiger partial charge in [0.15, 0.2) is 0 Å². The molecule has 1 unspecified atom stereocenters. The molecule has 2 heterocycles. The molecule has 1 amide bonds. The summed E-state index contributed by atoms with van der Waals surface area (Å²) in [5.74, 6) is -0.265. The molecule has 0 aliphatic carbocycles. The van der Waals surface area contributed by atoms with Crippen LogP contribution in [0.5, 0.6) is 0 Å². The van der Waals surface area contributed by atoms with Gasteiger partial charge < -0.3 is 4.90 Å². The number of benzene rings is 1. The zero-order chi connectivity index (χ0) is 15.0. The molecule has 0 saturated carbocycles. The number of carbonyl (C=O) groups is 1. The van der Waals surface area contributed by atoms with E-state index >= 15 is 0 Å². The van der Waals surface area contributed by atoms with Gasteiger partial charge in [-0.2, -0.15) is 0 Å². The van der Waals surface area contributed by atoms with Crippen molar-refractivity contribution in [1.82, 2.24) is 4.90 Å². The van der Waals surface area contributed by atoms with Crippen LogP contribution in [0.3, 0.4) is 0 Å². The summed E-state index contributed by atoms with van der Waals surface area (Å²) in [5.41, 5.74) is 2.37. The van der Waals surface area contributed by atoms with Crippen LogP contribution >= 0.6 is 11.3 Å². The summed E-state index contributed by atoms with van der Waals surface area (Å²) in [6, 6.07) is 6.87. The number of hydrogen-bond donors (Lipinski definition) is 0. The van der Waals surface area contributed by atoms with E-state index in [4.69, 9.17) is 0 Å². The van der Waals surface area contributed by atoms with Gasteiger partial charge in [0.25, 0.3) is 5.91 Å². The van der Waals surface area contributed by atoms with Crippen molar-refractivity contribution in [3.05, 3.63) is 57.0 Å². The van der Waals surface area contributed by atoms with Gasteiger partial charge in [0, 0.05) is 17.0 Å². The van der Waals surface area contributed by atoms with Gasteiger partial charge in [0.05, 0.1) is 6.04 Å². The number of halogens is 1. The molecule has 21 heavy (non-hydrogen) atoms. The molecule has 1 atom stereocenters. The van der Waals surface area contributed by atoms with Gasteiger partial charge in [-0.25, -0.2) is 4.39 Å². The SMILES string of the molecule is CCC1c2ccsc2CCN1C(=O)c1ccc(F)c(C)c1. The number of amides is 1. The molecule has 0 N–H and O–H groups in total. The van der Waals surface area contributed by atoms with Crippen molar-refractivity contribution >= 4 is 17.2 Å². The molecule has 110 valence electrons. The van der Waals surface area contributed by atoms with E-state index in [0.29, 0.717) is 11.1 Å². The van der Waals surface area contributed by atoms with Gasteiger partial charge in [-0.3, -0.25) is 4.79 Å². The molecule has 0 fully saturated rings. The number of carbonyl (C=O) groups excluding carboxylic acids is 1. The average molecular weight is 303 g/mol. The first-order chi connectivity index (χ1) is 10.1. The highest BCUT2D eigenvalue weighted by Crippen LogP contribution is 2.36. The average Bonchev–Trinajstić information content (AvgIpc) is 2.96. The molecule has 1 aliphatic rings. The van der Waals surface area contributed by atoms with Crippen LogP contribution in [0.2, 0.25) is 0 Å². The van der Waals surface area contributed by atoms with E-state index < -0.39 is 0 Å². The third-order valence-electron chi connectivity index (χ3n) is 4.15. The predicted octanol–water partition coefficient (Wildman–Crippen LogP) is 4.35. The minimum Gasteiger partial charge on any atom is -0.331 e. The Morgan fingerprint density at radius 2 is 2.24 bits per heavy atom. The summed E-state index contributed by atoms with van der Waals surface area (Å²) in [6.07, 6.45) is 1.81. The van der Waals surface area contributed by atoms with Crippen LogP contribution in [0.25, 0.3) is 0 Å². The fourth-order valence-corrected chi connectivity index (χ4v) is 3.95. The second-order valence-corrected chi connectivity index (χ2v) is 6.44. The van der Waals surface area contributed by atoms with E-state index in [9.17, 15) is 9.18 Å². The maximum Gasteiger partial charge on any atom is 0.254 e. The molecule has 2 aromatic rings. The first-order valence-corrected chi connectivity index (χ1v) is 8.13. The zero-order valence-corrected chi connectivity index (χ0v) is 13.0. The van der Waals surface area contributed by atoms with Crippen LogP contribution < -0.4 is 0 Å². The second kappa shape index (κ2) is 5.60. The van der Waals surface area contributed by atoms with Crippen LogP contribution in [0.1, 0.15) is 45.7 Å². The fraction of sp³-hybridized carbons (Fsp3) is 0.353. The maximum atomic E-state index is 13.4. The number of aryl methyl sites for hydroxylation is 1. The minimum absolute atomic E-state index is 0.00167. The summed E-state index contributed by atoms with van der Waals surface area (Å²) in [7, 11) is 0. The third kappa shape index (κ3) is 2.48. The molecule has 1 aliphatic heterocycles. The lowest BCUT2D eigenvalue weighted by Gasteiger charge is -2.35. The molecule has 0 radical (unpaired) electrons. The zero-order valence-electron chi connectivity index (χ0n) is 12.2. The van der Waals surface area contributed by atoms with Crippen molar-refractivity contribution in [2.24, 2.45) is 0 Å². The van der Waals surface area contributed by atoms with Crippen LogP contribution in [-0.4, -0.2) is 17.4 Å². The Bertz CT molecular complexity index is 679. The van der Waals surface area contributed by atoms with Crippen LogP contribution in [0, 0.1) is 12.7 Å². The molecule has 0 saturated heterocycles. The number of nitrogens with zero attached hydrogens (tertiary/aromatic N) is 1. The minimum atomic E-state index is -0.266. The summed E-state index contributed by atoms with van der Waals surface area (Å²) < 4.78 is 13.4. The Hall–Kier alpha value is -1.68. The largest absolute Gasteiger partial charge is 0.331 e. The fourth-order valence-electron chi connectivity index (χ4n) is 3.02. The number of thiophene rings is 1. The Labute approximate surface area is 128 Å². The number of rotatable bonds is 2. The van der Waals surface area contributed by atoms with E-state index in [1.165, 1.54) is 16.5 Å². The summed E-state index contributed by atoms with van der Waals surface area (Å²) in [5, 5.41) is 2.10. The van der Waals surface area contributed by atoms with Gasteiger partial charge >= 0.3 is 0 Å². The van der Waals surface area contributed by atoms with Crippen molar-refractivity contribution < 1.29 is 9.18 Å². The summed E-state index contributed by atoms with van der Waals surface area (Å²) in [6.45, 7) is 4.53. The first-order valence-electron chi connectivity index (χ1n) is 7.25. The summed E-state index contributed by atoms with van der Waals surface area (Å²) >= 11 is 1.77. The van der Waals surface area contributed by atoms with Crippen LogP contribution in [0.4, 0.5) is 4.39 Å². The van der Waals surface area contributed by atoms with Crippen molar-refractivity contribution in [1.29, 1.82) is 0 Å². The van der Waals surface area contributed by atoms with Crippen LogP contribution in [-0.2, 0) is 6.42 Å².